The average Bonchev–Trinajstić information content (AvgIpc) is 3.14. The quantitative estimate of drug-likeness (QED) is 0.369. The number of amides is 4. The summed E-state index contributed by atoms with van der Waals surface area (Å²) in [4.78, 5) is 66.9. The molecule has 40 heavy (non-hydrogen) atoms. The second-order valence-electron chi connectivity index (χ2n) is 14.6. The molecular formula is C30H48N4O6. The summed E-state index contributed by atoms with van der Waals surface area (Å²) < 4.78 is 5.83. The molecule has 10 nitrogen and oxygen atoms in total. The maximum atomic E-state index is 14.1. The summed E-state index contributed by atoms with van der Waals surface area (Å²) in [5.41, 5.74) is 3.96. The van der Waals surface area contributed by atoms with Crippen LogP contribution in [-0.4, -0.2) is 64.8 Å². The van der Waals surface area contributed by atoms with Crippen molar-refractivity contribution in [2.75, 3.05) is 6.54 Å². The van der Waals surface area contributed by atoms with Crippen LogP contribution in [0, 0.1) is 28.6 Å². The van der Waals surface area contributed by atoms with E-state index < -0.39 is 52.8 Å². The molecule has 3 aliphatic carbocycles. The zero-order chi connectivity index (χ0) is 29.6. The minimum Gasteiger partial charge on any atom is -0.443 e. The van der Waals surface area contributed by atoms with Crippen LogP contribution in [0.5, 0.6) is 0 Å². The number of alkyl carbamates (subject to hydrolysis) is 1. The van der Waals surface area contributed by atoms with Gasteiger partial charge in [-0.25, -0.2) is 4.79 Å². The van der Waals surface area contributed by atoms with Gasteiger partial charge in [-0.05, 0) is 67.6 Å². The van der Waals surface area contributed by atoms with Crippen molar-refractivity contribution >= 4 is 29.6 Å². The molecule has 4 amide bonds. The maximum Gasteiger partial charge on any atom is 0.408 e. The maximum absolute atomic E-state index is 14.1. The highest BCUT2D eigenvalue weighted by molar-refractivity contribution is 6.37. The molecule has 0 spiro atoms. The van der Waals surface area contributed by atoms with Gasteiger partial charge in [0.2, 0.25) is 17.6 Å². The highest BCUT2D eigenvalue weighted by Gasteiger charge is 2.70. The fourth-order valence-electron chi connectivity index (χ4n) is 7.12. The number of Topliss-reactive ketones (excluding diaryl/α,β-unsaturated/α-hetero) is 1. The van der Waals surface area contributed by atoms with Crippen LogP contribution in [0.4, 0.5) is 4.79 Å². The number of carbonyl (C=O) groups is 5. The minimum atomic E-state index is -1.07. The molecule has 0 radical (unpaired) electrons. The molecule has 0 aromatic rings. The lowest BCUT2D eigenvalue weighted by atomic mass is 9.80. The molecule has 5 atom stereocenters. The number of fused-ring (bicyclic) bond motifs is 1. The first-order valence-electron chi connectivity index (χ1n) is 15.0. The van der Waals surface area contributed by atoms with Crippen molar-refractivity contribution in [1.82, 2.24) is 15.5 Å². The number of ether oxygens (including phenoxy) is 1. The van der Waals surface area contributed by atoms with E-state index in [2.05, 4.69) is 24.5 Å². The summed E-state index contributed by atoms with van der Waals surface area (Å²) in [5, 5.41) is 5.63. The fraction of sp³-hybridized carbons (Fsp3) is 0.833. The highest BCUT2D eigenvalue weighted by Crippen LogP contribution is 2.65. The molecule has 2 unspecified atom stereocenters. The Hall–Kier alpha value is -2.65. The lowest BCUT2D eigenvalue weighted by Gasteiger charge is -2.39. The molecule has 224 valence electrons. The predicted molar refractivity (Wildman–Crippen MR) is 149 cm³/mol. The Morgan fingerprint density at radius 1 is 0.975 bits per heavy atom. The summed E-state index contributed by atoms with van der Waals surface area (Å²) in [6.07, 6.45) is 7.36. The summed E-state index contributed by atoms with van der Waals surface area (Å²) in [6, 6.07) is -2.73. The van der Waals surface area contributed by atoms with Gasteiger partial charge in [0.25, 0.3) is 5.91 Å². The Kier molecular flexibility index (Phi) is 8.31. The molecule has 1 saturated heterocycles. The van der Waals surface area contributed by atoms with Gasteiger partial charge in [0.1, 0.15) is 17.7 Å². The van der Waals surface area contributed by atoms with E-state index in [1.54, 1.807) is 4.90 Å². The Bertz CT molecular complexity index is 1040. The van der Waals surface area contributed by atoms with Crippen LogP contribution >= 0.6 is 0 Å². The Morgan fingerprint density at radius 2 is 1.60 bits per heavy atom. The van der Waals surface area contributed by atoms with Crippen LogP contribution < -0.4 is 16.4 Å². The van der Waals surface area contributed by atoms with Crippen molar-refractivity contribution in [3.8, 4) is 0 Å². The third kappa shape index (κ3) is 6.15. The number of primary amides is 1. The Balaban J connectivity index is 1.52. The van der Waals surface area contributed by atoms with E-state index >= 15 is 0 Å². The normalized spacial score (nSPS) is 28.4. The molecular weight excluding hydrogens is 512 g/mol. The van der Waals surface area contributed by atoms with E-state index in [1.165, 1.54) is 0 Å². The first-order valence-corrected chi connectivity index (χ1v) is 15.0. The van der Waals surface area contributed by atoms with Crippen molar-refractivity contribution in [3.63, 3.8) is 0 Å². The largest absolute Gasteiger partial charge is 0.443 e. The molecule has 0 aromatic heterocycles. The van der Waals surface area contributed by atoms with Crippen LogP contribution in [0.1, 0.15) is 99.3 Å². The minimum absolute atomic E-state index is 0.0850. The number of carbonyl (C=O) groups excluding carboxylic acids is 5. The molecule has 4 rings (SSSR count). The molecule has 3 saturated carbocycles. The molecule has 1 heterocycles. The first kappa shape index (κ1) is 30.3. The fourth-order valence-corrected chi connectivity index (χ4v) is 7.12. The van der Waals surface area contributed by atoms with E-state index in [0.29, 0.717) is 13.0 Å². The van der Waals surface area contributed by atoms with E-state index in [-0.39, 0.29) is 29.1 Å². The lowest BCUT2D eigenvalue weighted by Crippen LogP contribution is -2.61. The number of nitrogens with zero attached hydrogens (tertiary/aromatic N) is 1. The van der Waals surface area contributed by atoms with Crippen molar-refractivity contribution in [3.05, 3.63) is 0 Å². The highest BCUT2D eigenvalue weighted by atomic mass is 16.6. The summed E-state index contributed by atoms with van der Waals surface area (Å²) in [5.74, 6) is -2.39. The number of rotatable bonds is 9. The van der Waals surface area contributed by atoms with E-state index in [0.717, 1.165) is 51.4 Å². The van der Waals surface area contributed by atoms with Gasteiger partial charge in [0, 0.05) is 6.54 Å². The van der Waals surface area contributed by atoms with Gasteiger partial charge < -0.3 is 26.0 Å². The van der Waals surface area contributed by atoms with Crippen molar-refractivity contribution in [1.29, 1.82) is 0 Å². The van der Waals surface area contributed by atoms with Crippen LogP contribution in [0.15, 0.2) is 0 Å². The second kappa shape index (κ2) is 11.0. The lowest BCUT2D eigenvalue weighted by molar-refractivity contribution is -0.145. The molecule has 4 fully saturated rings. The van der Waals surface area contributed by atoms with Gasteiger partial charge in [0.05, 0.1) is 6.04 Å². The zero-order valence-electron chi connectivity index (χ0n) is 25.0. The van der Waals surface area contributed by atoms with E-state index in [4.69, 9.17) is 10.5 Å². The number of ketones is 1. The van der Waals surface area contributed by atoms with E-state index in [9.17, 15) is 24.0 Å². The monoisotopic (exact) mass is 560 g/mol. The Labute approximate surface area is 237 Å². The van der Waals surface area contributed by atoms with Crippen LogP contribution in [0.25, 0.3) is 0 Å². The number of likely N-dealkylation sites (tertiary alicyclic amines) is 1. The first-order chi connectivity index (χ1) is 18.5. The summed E-state index contributed by atoms with van der Waals surface area (Å²) >= 11 is 0. The number of nitrogens with one attached hydrogen (secondary N) is 2. The number of piperidine rings is 1. The van der Waals surface area contributed by atoms with Crippen molar-refractivity contribution in [2.45, 2.75) is 123 Å². The third-order valence-electron chi connectivity index (χ3n) is 10.1. The summed E-state index contributed by atoms with van der Waals surface area (Å²) in [7, 11) is 0. The van der Waals surface area contributed by atoms with Crippen LogP contribution in [-0.2, 0) is 23.9 Å². The number of nitrogens with two attached hydrogens (primary N) is 1. The second-order valence-corrected chi connectivity index (χ2v) is 14.6. The predicted octanol–water partition coefficient (Wildman–Crippen LogP) is 3.06. The molecule has 0 bridgehead atoms. The smallest absolute Gasteiger partial charge is 0.408 e. The topological polar surface area (TPSA) is 148 Å². The molecule has 1 aliphatic heterocycles. The Morgan fingerprint density at radius 3 is 2.12 bits per heavy atom. The van der Waals surface area contributed by atoms with Gasteiger partial charge in [-0.3, -0.25) is 19.2 Å². The molecule has 0 aromatic carbocycles. The van der Waals surface area contributed by atoms with Crippen molar-refractivity contribution < 1.29 is 28.7 Å². The van der Waals surface area contributed by atoms with Gasteiger partial charge >= 0.3 is 6.09 Å². The molecule has 10 heteroatoms. The van der Waals surface area contributed by atoms with Crippen LogP contribution in [0.3, 0.4) is 0 Å². The third-order valence-corrected chi connectivity index (χ3v) is 10.1. The molecule has 4 aliphatic rings. The van der Waals surface area contributed by atoms with Gasteiger partial charge in [-0.2, -0.15) is 0 Å². The van der Waals surface area contributed by atoms with Crippen LogP contribution in [0.2, 0.25) is 0 Å². The zero-order valence-corrected chi connectivity index (χ0v) is 25.0. The van der Waals surface area contributed by atoms with Gasteiger partial charge in [-0.15, -0.1) is 0 Å². The van der Waals surface area contributed by atoms with Gasteiger partial charge in [-0.1, -0.05) is 60.3 Å². The SMILES string of the molecule is CC1(OC(=O)N[C@H](C(=O)N2CC3[C@@H]([C@H]2C(=O)NC(CC2CCC2)C(=O)C(N)=O)C3(C)C)C(C)(C)C)CCCCC1. The number of hydrogen-bond donors (Lipinski definition) is 3. The van der Waals surface area contributed by atoms with Gasteiger partial charge in [0.15, 0.2) is 0 Å². The van der Waals surface area contributed by atoms with Crippen molar-refractivity contribution in [2.24, 2.45) is 34.3 Å². The number of hydrogen-bond acceptors (Lipinski definition) is 6. The summed E-state index contributed by atoms with van der Waals surface area (Å²) in [6.45, 7) is 12.1. The standard InChI is InChI=1S/C30H48N4O6/c1-28(2,3)23(33-27(39)40-30(6)13-8-7-9-14-30)26(38)34-16-18-20(29(18,4)5)21(34)25(37)32-19(22(35)24(31)36)15-17-11-10-12-17/h17-21,23H,7-16H2,1-6H3,(H2,31,36)(H,32,37)(H,33,39)/t18?,19?,20-,21-,23+/m0/s1. The molecule has 4 N–H and O–H groups in total. The van der Waals surface area contributed by atoms with E-state index in [1.807, 2.05) is 27.7 Å². The average molecular weight is 561 g/mol.